The fourth-order valence-electron chi connectivity index (χ4n) is 1.69. The fourth-order valence-corrected chi connectivity index (χ4v) is 1.69. The van der Waals surface area contributed by atoms with Crippen LogP contribution < -0.4 is 5.32 Å². The maximum Gasteiger partial charge on any atom is 0.0610 e. The first-order chi connectivity index (χ1) is 8.02. The predicted octanol–water partition coefficient (Wildman–Crippen LogP) is 1.09. The predicted molar refractivity (Wildman–Crippen MR) is 72.4 cm³/mol. The molecule has 0 aromatic heterocycles. The van der Waals surface area contributed by atoms with Gasteiger partial charge in [-0.1, -0.05) is 6.92 Å². The second-order valence-corrected chi connectivity index (χ2v) is 5.00. The Morgan fingerprint density at radius 1 is 1.41 bits per heavy atom. The molecule has 104 valence electrons. The quantitative estimate of drug-likeness (QED) is 0.606. The van der Waals surface area contributed by atoms with Crippen LogP contribution in [-0.4, -0.2) is 62.0 Å². The lowest BCUT2D eigenvalue weighted by Gasteiger charge is -2.33. The highest BCUT2D eigenvalue weighted by Crippen LogP contribution is 2.12. The van der Waals surface area contributed by atoms with E-state index in [1.54, 1.807) is 7.11 Å². The molecule has 0 aromatic rings. The molecule has 0 aromatic carbocycles. The summed E-state index contributed by atoms with van der Waals surface area (Å²) in [5.74, 6) is 0. The van der Waals surface area contributed by atoms with E-state index in [1.165, 1.54) is 0 Å². The van der Waals surface area contributed by atoms with Crippen molar-refractivity contribution >= 4 is 0 Å². The first-order valence-electron chi connectivity index (χ1n) is 6.55. The van der Waals surface area contributed by atoms with E-state index in [1.807, 2.05) is 7.05 Å². The number of nitrogens with one attached hydrogen (secondary N) is 1. The molecule has 4 nitrogen and oxygen atoms in total. The van der Waals surface area contributed by atoms with Gasteiger partial charge in [0.1, 0.15) is 0 Å². The van der Waals surface area contributed by atoms with Gasteiger partial charge >= 0.3 is 0 Å². The van der Waals surface area contributed by atoms with Crippen molar-refractivity contribution in [1.82, 2.24) is 10.2 Å². The normalized spacial score (nSPS) is 17.1. The van der Waals surface area contributed by atoms with Gasteiger partial charge in [0.25, 0.3) is 0 Å². The highest BCUT2D eigenvalue weighted by Gasteiger charge is 2.22. The molecule has 0 fully saturated rings. The van der Waals surface area contributed by atoms with Crippen LogP contribution in [-0.2, 0) is 4.74 Å². The molecule has 0 saturated heterocycles. The van der Waals surface area contributed by atoms with Gasteiger partial charge in [-0.15, -0.1) is 0 Å². The zero-order valence-electron chi connectivity index (χ0n) is 12.1. The van der Waals surface area contributed by atoms with Gasteiger partial charge in [0.05, 0.1) is 13.2 Å². The lowest BCUT2D eigenvalue weighted by molar-refractivity contribution is 0.102. The molecule has 2 unspecified atom stereocenters. The summed E-state index contributed by atoms with van der Waals surface area (Å²) >= 11 is 0. The van der Waals surface area contributed by atoms with Gasteiger partial charge < -0.3 is 15.2 Å². The van der Waals surface area contributed by atoms with E-state index < -0.39 is 0 Å². The monoisotopic (exact) mass is 246 g/mol. The van der Waals surface area contributed by atoms with Gasteiger partial charge in [0.15, 0.2) is 0 Å². The van der Waals surface area contributed by atoms with Crippen LogP contribution in [0.25, 0.3) is 0 Å². The molecule has 2 N–H and O–H groups in total. The summed E-state index contributed by atoms with van der Waals surface area (Å²) in [5.41, 5.74) is -0.182. The number of aliphatic hydroxyl groups is 1. The SMILES string of the molecule is CCC(C)N(CCOC)CCC(C)(CO)NC. The lowest BCUT2D eigenvalue weighted by Crippen LogP contribution is -2.47. The summed E-state index contributed by atoms with van der Waals surface area (Å²) in [6.07, 6.45) is 2.08. The van der Waals surface area contributed by atoms with Crippen molar-refractivity contribution in [2.45, 2.75) is 45.2 Å². The Morgan fingerprint density at radius 2 is 2.06 bits per heavy atom. The smallest absolute Gasteiger partial charge is 0.0610 e. The summed E-state index contributed by atoms with van der Waals surface area (Å²) in [6.45, 7) is 9.37. The van der Waals surface area contributed by atoms with Crippen LogP contribution >= 0.6 is 0 Å². The third-order valence-corrected chi connectivity index (χ3v) is 3.70. The van der Waals surface area contributed by atoms with Crippen LogP contribution in [0.3, 0.4) is 0 Å². The van der Waals surface area contributed by atoms with Gasteiger partial charge in [-0.2, -0.15) is 0 Å². The van der Waals surface area contributed by atoms with Crippen molar-refractivity contribution in [1.29, 1.82) is 0 Å². The van der Waals surface area contributed by atoms with Crippen molar-refractivity contribution < 1.29 is 9.84 Å². The third-order valence-electron chi connectivity index (χ3n) is 3.70. The van der Waals surface area contributed by atoms with E-state index in [4.69, 9.17) is 4.74 Å². The second kappa shape index (κ2) is 8.86. The zero-order chi connectivity index (χ0) is 13.3. The molecule has 2 atom stereocenters. The summed E-state index contributed by atoms with van der Waals surface area (Å²) in [4.78, 5) is 2.43. The number of ether oxygens (including phenoxy) is 1. The van der Waals surface area contributed by atoms with E-state index >= 15 is 0 Å². The Morgan fingerprint density at radius 3 is 2.47 bits per heavy atom. The maximum atomic E-state index is 9.36. The number of likely N-dealkylation sites (N-methyl/N-ethyl adjacent to an activating group) is 1. The van der Waals surface area contributed by atoms with E-state index in [0.717, 1.165) is 32.5 Å². The minimum Gasteiger partial charge on any atom is -0.394 e. The highest BCUT2D eigenvalue weighted by molar-refractivity contribution is 4.82. The Labute approximate surface area is 106 Å². The zero-order valence-corrected chi connectivity index (χ0v) is 12.1. The van der Waals surface area contributed by atoms with E-state index in [0.29, 0.717) is 6.04 Å². The number of aliphatic hydroxyl groups excluding tert-OH is 1. The minimum atomic E-state index is -0.182. The van der Waals surface area contributed by atoms with Crippen molar-refractivity contribution in [3.63, 3.8) is 0 Å². The largest absolute Gasteiger partial charge is 0.394 e. The van der Waals surface area contributed by atoms with E-state index in [9.17, 15) is 5.11 Å². The average molecular weight is 246 g/mol. The summed E-state index contributed by atoms with van der Waals surface area (Å²) in [5, 5.41) is 12.6. The number of rotatable bonds is 10. The van der Waals surface area contributed by atoms with Gasteiger partial charge in [0, 0.05) is 31.8 Å². The highest BCUT2D eigenvalue weighted by atomic mass is 16.5. The third kappa shape index (κ3) is 6.36. The molecule has 0 aliphatic rings. The van der Waals surface area contributed by atoms with Crippen LogP contribution in [0, 0.1) is 0 Å². The Bertz CT molecular complexity index is 184. The first-order valence-corrected chi connectivity index (χ1v) is 6.55. The van der Waals surface area contributed by atoms with Crippen molar-refractivity contribution in [3.05, 3.63) is 0 Å². The molecule has 0 amide bonds. The summed E-state index contributed by atoms with van der Waals surface area (Å²) in [7, 11) is 3.64. The minimum absolute atomic E-state index is 0.169. The molecule has 0 bridgehead atoms. The molecule has 0 saturated carbocycles. The van der Waals surface area contributed by atoms with Crippen LogP contribution in [0.5, 0.6) is 0 Å². The summed E-state index contributed by atoms with van der Waals surface area (Å²) in [6, 6.07) is 0.560. The summed E-state index contributed by atoms with van der Waals surface area (Å²) < 4.78 is 5.14. The molecule has 4 heteroatoms. The maximum absolute atomic E-state index is 9.36. The van der Waals surface area contributed by atoms with Crippen molar-refractivity contribution in [3.8, 4) is 0 Å². The van der Waals surface area contributed by atoms with Crippen LogP contribution in [0.1, 0.15) is 33.6 Å². The van der Waals surface area contributed by atoms with Crippen molar-refractivity contribution in [2.24, 2.45) is 0 Å². The molecule has 0 rings (SSSR count). The van der Waals surface area contributed by atoms with Gasteiger partial charge in [-0.25, -0.2) is 0 Å². The van der Waals surface area contributed by atoms with Crippen LogP contribution in [0.15, 0.2) is 0 Å². The number of hydrogen-bond acceptors (Lipinski definition) is 4. The van der Waals surface area contributed by atoms with Gasteiger partial charge in [-0.05, 0) is 33.7 Å². The lowest BCUT2D eigenvalue weighted by atomic mass is 9.98. The topological polar surface area (TPSA) is 44.7 Å². The van der Waals surface area contributed by atoms with Gasteiger partial charge in [-0.3, -0.25) is 4.90 Å². The molecule has 0 heterocycles. The second-order valence-electron chi connectivity index (χ2n) is 5.00. The van der Waals surface area contributed by atoms with Crippen LogP contribution in [0.2, 0.25) is 0 Å². The van der Waals surface area contributed by atoms with Gasteiger partial charge in [0.2, 0.25) is 0 Å². The first kappa shape index (κ1) is 16.8. The Kier molecular flexibility index (Phi) is 8.78. The Hall–Kier alpha value is -0.160. The number of methoxy groups -OCH3 is 1. The molecule has 0 spiro atoms. The molecule has 17 heavy (non-hydrogen) atoms. The van der Waals surface area contributed by atoms with E-state index in [2.05, 4.69) is 31.0 Å². The van der Waals surface area contributed by atoms with Crippen LogP contribution in [0.4, 0.5) is 0 Å². The standard InChI is InChI=1S/C13H30N2O2/c1-6-12(2)15(9-10-17-5)8-7-13(3,11-16)14-4/h12,14,16H,6-11H2,1-5H3. The molecular formula is C13H30N2O2. The molecule has 0 aliphatic heterocycles. The number of nitrogens with zero attached hydrogens (tertiary/aromatic N) is 1. The van der Waals surface area contributed by atoms with E-state index in [-0.39, 0.29) is 12.1 Å². The molecule has 0 aliphatic carbocycles. The Balaban J connectivity index is 4.23. The fraction of sp³-hybridized carbons (Fsp3) is 1.00. The molecular weight excluding hydrogens is 216 g/mol. The average Bonchev–Trinajstić information content (AvgIpc) is 2.37. The molecule has 0 radical (unpaired) electrons. The number of hydrogen-bond donors (Lipinski definition) is 2. The van der Waals surface area contributed by atoms with Crippen molar-refractivity contribution in [2.75, 3.05) is 40.5 Å².